The fraction of sp³-hybridized carbons (Fsp3) is 0.0909. The normalized spacial score (nSPS) is 10.1. The maximum atomic E-state index is 10.7. The van der Waals surface area contributed by atoms with Gasteiger partial charge < -0.3 is 4.74 Å². The molecule has 0 aliphatic carbocycles. The van der Waals surface area contributed by atoms with Crippen LogP contribution in [0, 0.1) is 17.0 Å². The number of nitro groups is 1. The summed E-state index contributed by atoms with van der Waals surface area (Å²) in [6, 6.07) is 5.75. The predicted molar refractivity (Wildman–Crippen MR) is 64.9 cm³/mol. The molecule has 0 aliphatic heterocycles. The molecule has 0 saturated carbocycles. The number of aromatic nitrogens is 2. The second-order valence-electron chi connectivity index (χ2n) is 3.43. The molecule has 0 aliphatic rings. The zero-order valence-electron chi connectivity index (χ0n) is 9.33. The smallest absolute Gasteiger partial charge is 0.277 e. The number of nitrogens with zero attached hydrogens (tertiary/aromatic N) is 3. The highest BCUT2D eigenvalue weighted by Gasteiger charge is 2.12. The van der Waals surface area contributed by atoms with Crippen LogP contribution in [0.5, 0.6) is 11.6 Å². The summed E-state index contributed by atoms with van der Waals surface area (Å²) in [6.07, 6.45) is 1.62. The third-order valence-electron chi connectivity index (χ3n) is 2.14. The van der Waals surface area contributed by atoms with Crippen LogP contribution < -0.4 is 4.74 Å². The molecule has 7 heteroatoms. The zero-order chi connectivity index (χ0) is 13.1. The van der Waals surface area contributed by atoms with Gasteiger partial charge in [-0.2, -0.15) is 0 Å². The van der Waals surface area contributed by atoms with Crippen LogP contribution in [0.4, 0.5) is 5.69 Å². The van der Waals surface area contributed by atoms with Gasteiger partial charge in [0, 0.05) is 6.20 Å². The standard InChI is InChI=1S/C11H8ClN3O3/c1-7-9(3-2-4-13-7)18-11-6-8(15(16)17)5-10(12)14-11/h2-6H,1H3. The molecular formula is C11H8ClN3O3. The average Bonchev–Trinajstić information content (AvgIpc) is 2.31. The van der Waals surface area contributed by atoms with Gasteiger partial charge in [-0.1, -0.05) is 11.6 Å². The van der Waals surface area contributed by atoms with E-state index in [1.807, 2.05) is 0 Å². The molecule has 0 aromatic carbocycles. The number of aryl methyl sites for hydroxylation is 1. The van der Waals surface area contributed by atoms with Gasteiger partial charge in [0.2, 0.25) is 5.88 Å². The molecule has 0 radical (unpaired) electrons. The van der Waals surface area contributed by atoms with E-state index in [1.54, 1.807) is 25.3 Å². The van der Waals surface area contributed by atoms with Crippen molar-refractivity contribution in [1.29, 1.82) is 0 Å². The fourth-order valence-corrected chi connectivity index (χ4v) is 1.50. The first kappa shape index (κ1) is 12.3. The van der Waals surface area contributed by atoms with Gasteiger partial charge >= 0.3 is 0 Å². The quantitative estimate of drug-likeness (QED) is 0.484. The summed E-state index contributed by atoms with van der Waals surface area (Å²) in [5.41, 5.74) is 0.480. The third-order valence-corrected chi connectivity index (χ3v) is 2.33. The molecule has 92 valence electrons. The van der Waals surface area contributed by atoms with E-state index in [1.165, 1.54) is 6.07 Å². The summed E-state index contributed by atoms with van der Waals surface area (Å²) in [7, 11) is 0. The summed E-state index contributed by atoms with van der Waals surface area (Å²) in [6.45, 7) is 1.76. The number of hydrogen-bond acceptors (Lipinski definition) is 5. The molecule has 2 aromatic heterocycles. The van der Waals surface area contributed by atoms with Gasteiger partial charge in [0.25, 0.3) is 5.69 Å². The minimum Gasteiger partial charge on any atom is -0.437 e. The molecule has 0 unspecified atom stereocenters. The molecule has 2 aromatic rings. The van der Waals surface area contributed by atoms with Crippen LogP contribution >= 0.6 is 11.6 Å². The van der Waals surface area contributed by atoms with Gasteiger partial charge in [-0.25, -0.2) is 4.98 Å². The van der Waals surface area contributed by atoms with Crippen molar-refractivity contribution in [2.45, 2.75) is 6.92 Å². The molecule has 0 spiro atoms. The van der Waals surface area contributed by atoms with E-state index in [0.29, 0.717) is 11.4 Å². The molecule has 6 nitrogen and oxygen atoms in total. The fourth-order valence-electron chi connectivity index (χ4n) is 1.31. The molecule has 2 rings (SSSR count). The summed E-state index contributed by atoms with van der Waals surface area (Å²) in [5.74, 6) is 0.534. The van der Waals surface area contributed by atoms with Gasteiger partial charge in [0.1, 0.15) is 5.15 Å². The Morgan fingerprint density at radius 1 is 1.44 bits per heavy atom. The van der Waals surface area contributed by atoms with E-state index < -0.39 is 4.92 Å². The lowest BCUT2D eigenvalue weighted by atomic mass is 10.3. The third kappa shape index (κ3) is 2.72. The summed E-state index contributed by atoms with van der Waals surface area (Å²) in [4.78, 5) is 18.0. The Balaban J connectivity index is 2.35. The lowest BCUT2D eigenvalue weighted by Crippen LogP contribution is -1.95. The number of pyridine rings is 2. The minimum atomic E-state index is -0.559. The molecule has 18 heavy (non-hydrogen) atoms. The second-order valence-corrected chi connectivity index (χ2v) is 3.82. The Kier molecular flexibility index (Phi) is 3.38. The predicted octanol–water partition coefficient (Wildman–Crippen LogP) is 3.14. The van der Waals surface area contributed by atoms with Gasteiger partial charge in [-0.15, -0.1) is 0 Å². The molecular weight excluding hydrogens is 258 g/mol. The van der Waals surface area contributed by atoms with Crippen molar-refractivity contribution >= 4 is 17.3 Å². The van der Waals surface area contributed by atoms with Gasteiger partial charge in [-0.05, 0) is 19.1 Å². The van der Waals surface area contributed by atoms with Crippen molar-refractivity contribution in [3.8, 4) is 11.6 Å². The molecule has 0 fully saturated rings. The maximum absolute atomic E-state index is 10.7. The monoisotopic (exact) mass is 265 g/mol. The van der Waals surface area contributed by atoms with Crippen molar-refractivity contribution in [3.63, 3.8) is 0 Å². The Hall–Kier alpha value is -2.21. The van der Waals surface area contributed by atoms with Crippen LogP contribution in [0.15, 0.2) is 30.5 Å². The Morgan fingerprint density at radius 3 is 2.89 bits per heavy atom. The molecule has 0 amide bonds. The summed E-state index contributed by atoms with van der Waals surface area (Å²) < 4.78 is 5.42. The molecule has 0 bridgehead atoms. The highest BCUT2D eigenvalue weighted by molar-refractivity contribution is 6.29. The minimum absolute atomic E-state index is 0.000688. The lowest BCUT2D eigenvalue weighted by molar-refractivity contribution is -0.385. The van der Waals surface area contributed by atoms with Crippen LogP contribution in [-0.2, 0) is 0 Å². The van der Waals surface area contributed by atoms with E-state index >= 15 is 0 Å². The molecule has 0 atom stereocenters. The molecule has 2 heterocycles. The largest absolute Gasteiger partial charge is 0.437 e. The first-order valence-corrected chi connectivity index (χ1v) is 5.35. The summed E-state index contributed by atoms with van der Waals surface area (Å²) >= 11 is 5.69. The number of halogens is 1. The highest BCUT2D eigenvalue weighted by atomic mass is 35.5. The Bertz CT molecular complexity index is 604. The van der Waals surface area contributed by atoms with Crippen LogP contribution in [0.25, 0.3) is 0 Å². The van der Waals surface area contributed by atoms with Crippen LogP contribution in [-0.4, -0.2) is 14.9 Å². The first-order valence-electron chi connectivity index (χ1n) is 4.98. The van der Waals surface area contributed by atoms with Crippen molar-refractivity contribution in [2.75, 3.05) is 0 Å². The molecule has 0 N–H and O–H groups in total. The van der Waals surface area contributed by atoms with Crippen molar-refractivity contribution in [2.24, 2.45) is 0 Å². The van der Waals surface area contributed by atoms with Gasteiger partial charge in [0.05, 0.1) is 22.7 Å². The molecule has 0 saturated heterocycles. The van der Waals surface area contributed by atoms with E-state index in [4.69, 9.17) is 16.3 Å². The summed E-state index contributed by atoms with van der Waals surface area (Å²) in [5, 5.41) is 10.7. The second kappa shape index (κ2) is 4.97. The van der Waals surface area contributed by atoms with E-state index in [-0.39, 0.29) is 16.7 Å². The van der Waals surface area contributed by atoms with E-state index in [2.05, 4.69) is 9.97 Å². The topological polar surface area (TPSA) is 78.2 Å². The SMILES string of the molecule is Cc1ncccc1Oc1cc([N+](=O)[O-])cc(Cl)n1. The van der Waals surface area contributed by atoms with Crippen molar-refractivity contribution < 1.29 is 9.66 Å². The van der Waals surface area contributed by atoms with Gasteiger partial charge in [0.15, 0.2) is 5.75 Å². The zero-order valence-corrected chi connectivity index (χ0v) is 10.1. The van der Waals surface area contributed by atoms with E-state index in [9.17, 15) is 10.1 Å². The van der Waals surface area contributed by atoms with Crippen molar-refractivity contribution in [3.05, 3.63) is 51.4 Å². The Morgan fingerprint density at radius 2 is 2.22 bits per heavy atom. The van der Waals surface area contributed by atoms with Gasteiger partial charge in [-0.3, -0.25) is 15.1 Å². The maximum Gasteiger partial charge on any atom is 0.277 e. The average molecular weight is 266 g/mol. The first-order chi connectivity index (χ1) is 8.56. The van der Waals surface area contributed by atoms with Crippen LogP contribution in [0.1, 0.15) is 5.69 Å². The van der Waals surface area contributed by atoms with Crippen molar-refractivity contribution in [1.82, 2.24) is 9.97 Å². The lowest BCUT2D eigenvalue weighted by Gasteiger charge is -2.06. The van der Waals surface area contributed by atoms with Crippen LogP contribution in [0.2, 0.25) is 5.15 Å². The number of ether oxygens (including phenoxy) is 1. The number of hydrogen-bond donors (Lipinski definition) is 0. The van der Waals surface area contributed by atoms with Crippen LogP contribution in [0.3, 0.4) is 0 Å². The van der Waals surface area contributed by atoms with E-state index in [0.717, 1.165) is 6.07 Å². The Labute approximate surface area is 107 Å². The highest BCUT2D eigenvalue weighted by Crippen LogP contribution is 2.27. The number of rotatable bonds is 3.